The van der Waals surface area contributed by atoms with E-state index in [-0.39, 0.29) is 0 Å². The molecule has 0 aromatic carbocycles. The Bertz CT molecular complexity index is 325. The van der Waals surface area contributed by atoms with Gasteiger partial charge in [0.15, 0.2) is 0 Å². The Morgan fingerprint density at radius 3 is 3.08 bits per heavy atom. The number of nitrogens with one attached hydrogen (secondary N) is 1. The minimum absolute atomic E-state index is 0.681. The summed E-state index contributed by atoms with van der Waals surface area (Å²) < 4.78 is 0. The van der Waals surface area contributed by atoms with Gasteiger partial charge < -0.3 is 11.1 Å². The van der Waals surface area contributed by atoms with E-state index < -0.39 is 0 Å². The summed E-state index contributed by atoms with van der Waals surface area (Å²) in [6.07, 6.45) is 7.45. The van der Waals surface area contributed by atoms with Gasteiger partial charge in [-0.1, -0.05) is 0 Å². The minimum atomic E-state index is 0.681. The van der Waals surface area contributed by atoms with Gasteiger partial charge in [0.2, 0.25) is 0 Å². The molecule has 0 aliphatic carbocycles. The molecule has 0 aliphatic heterocycles. The number of hydrogen-bond acceptors (Lipinski definition) is 3. The summed E-state index contributed by atoms with van der Waals surface area (Å²) in [7, 11) is 0. The van der Waals surface area contributed by atoms with E-state index in [1.807, 2.05) is 13.0 Å². The zero-order chi connectivity index (χ0) is 9.68. The van der Waals surface area contributed by atoms with Gasteiger partial charge >= 0.3 is 0 Å². The predicted molar refractivity (Wildman–Crippen MR) is 55.3 cm³/mol. The van der Waals surface area contributed by atoms with Crippen molar-refractivity contribution in [2.75, 3.05) is 17.6 Å². The van der Waals surface area contributed by atoms with Crippen LogP contribution in [-0.4, -0.2) is 11.5 Å². The summed E-state index contributed by atoms with van der Waals surface area (Å²) in [5, 5.41) is 3.13. The smallest absolute Gasteiger partial charge is 0.129 e. The highest BCUT2D eigenvalue weighted by atomic mass is 15.0. The fourth-order valence-electron chi connectivity index (χ4n) is 1.03. The number of pyridine rings is 1. The van der Waals surface area contributed by atoms with Crippen LogP contribution in [0.5, 0.6) is 0 Å². The number of aryl methyl sites for hydroxylation is 1. The lowest BCUT2D eigenvalue weighted by atomic mass is 10.2. The lowest BCUT2D eigenvalue weighted by Crippen LogP contribution is -2.04. The maximum atomic E-state index is 5.56. The number of nitrogen functional groups attached to an aromatic ring is 1. The van der Waals surface area contributed by atoms with Crippen LogP contribution in [-0.2, 0) is 0 Å². The SMILES string of the molecule is C#CCCNc1ncc(N)cc1C. The first kappa shape index (κ1) is 9.40. The fraction of sp³-hybridized carbons (Fsp3) is 0.300. The highest BCUT2D eigenvalue weighted by molar-refractivity contribution is 5.50. The molecule has 0 aliphatic rings. The van der Waals surface area contributed by atoms with E-state index in [1.54, 1.807) is 6.20 Å². The summed E-state index contributed by atoms with van der Waals surface area (Å²) >= 11 is 0. The Morgan fingerprint density at radius 1 is 1.69 bits per heavy atom. The first-order chi connectivity index (χ1) is 6.24. The average Bonchev–Trinajstić information content (AvgIpc) is 2.09. The molecule has 13 heavy (non-hydrogen) atoms. The minimum Gasteiger partial charge on any atom is -0.397 e. The van der Waals surface area contributed by atoms with Gasteiger partial charge in [-0.3, -0.25) is 0 Å². The number of aromatic nitrogens is 1. The molecule has 0 radical (unpaired) electrons. The van der Waals surface area contributed by atoms with Gasteiger partial charge in [-0.2, -0.15) is 0 Å². The van der Waals surface area contributed by atoms with Gasteiger partial charge in [-0.25, -0.2) is 4.98 Å². The molecule has 0 atom stereocenters. The molecule has 68 valence electrons. The van der Waals surface area contributed by atoms with E-state index in [9.17, 15) is 0 Å². The first-order valence-corrected chi connectivity index (χ1v) is 4.13. The zero-order valence-corrected chi connectivity index (χ0v) is 7.67. The molecule has 1 aromatic heterocycles. The van der Waals surface area contributed by atoms with Crippen molar-refractivity contribution in [2.24, 2.45) is 0 Å². The number of rotatable bonds is 3. The molecule has 3 nitrogen and oxygen atoms in total. The molecule has 0 bridgehead atoms. The van der Waals surface area contributed by atoms with Gasteiger partial charge in [-0.05, 0) is 18.6 Å². The highest BCUT2D eigenvalue weighted by Gasteiger charge is 1.97. The molecule has 0 saturated heterocycles. The van der Waals surface area contributed by atoms with Crippen LogP contribution in [0, 0.1) is 19.3 Å². The molecule has 0 fully saturated rings. The van der Waals surface area contributed by atoms with Crippen molar-refractivity contribution in [3.8, 4) is 12.3 Å². The second-order valence-electron chi connectivity index (χ2n) is 2.82. The van der Waals surface area contributed by atoms with Crippen LogP contribution in [0.2, 0.25) is 0 Å². The van der Waals surface area contributed by atoms with Gasteiger partial charge in [0, 0.05) is 13.0 Å². The number of nitrogens with zero attached hydrogens (tertiary/aromatic N) is 1. The maximum Gasteiger partial charge on any atom is 0.129 e. The van der Waals surface area contributed by atoms with Crippen LogP contribution in [0.1, 0.15) is 12.0 Å². The Morgan fingerprint density at radius 2 is 2.46 bits per heavy atom. The molecule has 0 spiro atoms. The lowest BCUT2D eigenvalue weighted by Gasteiger charge is -2.06. The van der Waals surface area contributed by atoms with Crippen molar-refractivity contribution in [3.63, 3.8) is 0 Å². The number of hydrogen-bond donors (Lipinski definition) is 2. The number of anilines is 2. The molecule has 1 rings (SSSR count). The second-order valence-corrected chi connectivity index (χ2v) is 2.82. The molecule has 0 saturated carbocycles. The van der Waals surface area contributed by atoms with E-state index in [1.165, 1.54) is 0 Å². The van der Waals surface area contributed by atoms with Crippen LogP contribution >= 0.6 is 0 Å². The molecule has 0 amide bonds. The quantitative estimate of drug-likeness (QED) is 0.539. The largest absolute Gasteiger partial charge is 0.397 e. The summed E-state index contributed by atoms with van der Waals surface area (Å²) in [4.78, 5) is 4.14. The van der Waals surface area contributed by atoms with Crippen LogP contribution in [0.25, 0.3) is 0 Å². The first-order valence-electron chi connectivity index (χ1n) is 4.13. The topological polar surface area (TPSA) is 50.9 Å². The van der Waals surface area contributed by atoms with Gasteiger partial charge in [0.05, 0.1) is 11.9 Å². The standard InChI is InChI=1S/C10H13N3/c1-3-4-5-12-10-8(2)6-9(11)7-13-10/h1,6-7H,4-5,11H2,2H3,(H,12,13). The number of terminal acetylenes is 1. The third-order valence-electron chi connectivity index (χ3n) is 1.66. The van der Waals surface area contributed by atoms with E-state index in [0.29, 0.717) is 12.1 Å². The summed E-state index contributed by atoms with van der Waals surface area (Å²) in [6.45, 7) is 2.70. The van der Waals surface area contributed by atoms with Gasteiger partial charge in [-0.15, -0.1) is 12.3 Å². The molecule has 3 heteroatoms. The lowest BCUT2D eigenvalue weighted by molar-refractivity contribution is 1.06. The molecular weight excluding hydrogens is 162 g/mol. The van der Waals surface area contributed by atoms with Crippen LogP contribution < -0.4 is 11.1 Å². The Kier molecular flexibility index (Phi) is 3.15. The third-order valence-corrected chi connectivity index (χ3v) is 1.66. The summed E-state index contributed by atoms with van der Waals surface area (Å²) in [5.74, 6) is 3.41. The summed E-state index contributed by atoms with van der Waals surface area (Å²) in [5.41, 5.74) is 7.28. The second kappa shape index (κ2) is 4.36. The van der Waals surface area contributed by atoms with Crippen LogP contribution in [0.3, 0.4) is 0 Å². The zero-order valence-electron chi connectivity index (χ0n) is 7.67. The molecule has 0 unspecified atom stereocenters. The molecule has 1 aromatic rings. The van der Waals surface area contributed by atoms with Gasteiger partial charge in [0.25, 0.3) is 0 Å². The molecule has 3 N–H and O–H groups in total. The van der Waals surface area contributed by atoms with Crippen molar-refractivity contribution >= 4 is 11.5 Å². The maximum absolute atomic E-state index is 5.56. The average molecular weight is 175 g/mol. The predicted octanol–water partition coefficient (Wildman–Crippen LogP) is 1.41. The van der Waals surface area contributed by atoms with Gasteiger partial charge in [0.1, 0.15) is 5.82 Å². The monoisotopic (exact) mass is 175 g/mol. The van der Waals surface area contributed by atoms with Crippen LogP contribution in [0.15, 0.2) is 12.3 Å². The van der Waals surface area contributed by atoms with Crippen molar-refractivity contribution in [3.05, 3.63) is 17.8 Å². The third kappa shape index (κ3) is 2.68. The normalized spacial score (nSPS) is 9.23. The van der Waals surface area contributed by atoms with Crippen molar-refractivity contribution < 1.29 is 0 Å². The van der Waals surface area contributed by atoms with Crippen LogP contribution in [0.4, 0.5) is 11.5 Å². The summed E-state index contributed by atoms with van der Waals surface area (Å²) in [6, 6.07) is 1.88. The fourth-order valence-corrected chi connectivity index (χ4v) is 1.03. The van der Waals surface area contributed by atoms with E-state index in [4.69, 9.17) is 12.2 Å². The Labute approximate surface area is 78.4 Å². The van der Waals surface area contributed by atoms with E-state index >= 15 is 0 Å². The van der Waals surface area contributed by atoms with Crippen molar-refractivity contribution in [1.29, 1.82) is 0 Å². The van der Waals surface area contributed by atoms with E-state index in [0.717, 1.165) is 17.9 Å². The van der Waals surface area contributed by atoms with E-state index in [2.05, 4.69) is 16.2 Å². The number of nitrogens with two attached hydrogens (primary N) is 1. The molecular formula is C10H13N3. The highest BCUT2D eigenvalue weighted by Crippen LogP contribution is 2.13. The Hall–Kier alpha value is -1.69. The Balaban J connectivity index is 2.62. The molecule has 1 heterocycles. The van der Waals surface area contributed by atoms with Crippen molar-refractivity contribution in [2.45, 2.75) is 13.3 Å². The van der Waals surface area contributed by atoms with Crippen molar-refractivity contribution in [1.82, 2.24) is 4.98 Å².